The Hall–Kier alpha value is -1.79. The molecule has 6 heteroatoms. The Morgan fingerprint density at radius 1 is 1.09 bits per heavy atom. The first-order valence-electron chi connectivity index (χ1n) is 7.33. The first kappa shape index (κ1) is 17.6. The van der Waals surface area contributed by atoms with Crippen molar-refractivity contribution in [2.24, 2.45) is 0 Å². The minimum Gasteiger partial charge on any atom is -0.494 e. The highest BCUT2D eigenvalue weighted by molar-refractivity contribution is 9.10. The Morgan fingerprint density at radius 3 is 2.43 bits per heavy atom. The molecule has 0 heterocycles. The molecule has 0 saturated carbocycles. The van der Waals surface area contributed by atoms with Crippen molar-refractivity contribution in [3.05, 3.63) is 53.0 Å². The molecule has 23 heavy (non-hydrogen) atoms. The van der Waals surface area contributed by atoms with Crippen molar-refractivity contribution in [2.75, 3.05) is 25.1 Å². The van der Waals surface area contributed by atoms with E-state index in [0.717, 1.165) is 21.7 Å². The highest BCUT2D eigenvalue weighted by atomic mass is 79.9. The van der Waals surface area contributed by atoms with Crippen molar-refractivity contribution in [3.8, 4) is 11.5 Å². The number of hydrogen-bond donors (Lipinski definition) is 2. The first-order valence-corrected chi connectivity index (χ1v) is 8.53. The molecule has 0 aromatic heterocycles. The topological polar surface area (TPSA) is 42.5 Å². The largest absolute Gasteiger partial charge is 0.494 e. The summed E-state index contributed by atoms with van der Waals surface area (Å²) in [7, 11) is 0. The molecule has 0 fully saturated rings. The number of nitrogens with one attached hydrogen (secondary N) is 2. The van der Waals surface area contributed by atoms with E-state index in [1.54, 1.807) is 0 Å². The summed E-state index contributed by atoms with van der Waals surface area (Å²) in [4.78, 5) is 0. The van der Waals surface area contributed by atoms with Crippen LogP contribution in [0, 0.1) is 0 Å². The number of rotatable bonds is 7. The molecule has 0 amide bonds. The molecule has 0 atom stereocenters. The lowest BCUT2D eigenvalue weighted by molar-refractivity contribution is 0.319. The zero-order valence-corrected chi connectivity index (χ0v) is 15.2. The zero-order chi connectivity index (χ0) is 16.5. The maximum atomic E-state index is 5.65. The second-order valence-electron chi connectivity index (χ2n) is 4.64. The second kappa shape index (κ2) is 9.37. The maximum Gasteiger partial charge on any atom is 0.170 e. The molecule has 0 aliphatic heterocycles. The van der Waals surface area contributed by atoms with Gasteiger partial charge >= 0.3 is 0 Å². The van der Waals surface area contributed by atoms with Crippen molar-refractivity contribution in [1.29, 1.82) is 0 Å². The van der Waals surface area contributed by atoms with Crippen molar-refractivity contribution in [2.45, 2.75) is 6.92 Å². The Balaban J connectivity index is 1.67. The fraction of sp³-hybridized carbons (Fsp3) is 0.235. The number of halogens is 1. The van der Waals surface area contributed by atoms with E-state index in [2.05, 4.69) is 26.6 Å². The van der Waals surface area contributed by atoms with Gasteiger partial charge in [0.25, 0.3) is 0 Å². The summed E-state index contributed by atoms with van der Waals surface area (Å²) >= 11 is 8.67. The van der Waals surface area contributed by atoms with Crippen LogP contribution in [0.1, 0.15) is 6.92 Å². The SMILES string of the molecule is CCOc1ccc(OCCNC(=S)Nc2cccc(Br)c2)cc1. The van der Waals surface area contributed by atoms with Gasteiger partial charge in [0.05, 0.1) is 13.2 Å². The van der Waals surface area contributed by atoms with Crippen molar-refractivity contribution in [3.63, 3.8) is 0 Å². The molecule has 0 saturated heterocycles. The molecule has 0 unspecified atom stereocenters. The summed E-state index contributed by atoms with van der Waals surface area (Å²) in [5.74, 6) is 1.65. The summed E-state index contributed by atoms with van der Waals surface area (Å²) in [5, 5.41) is 6.80. The average Bonchev–Trinajstić information content (AvgIpc) is 2.53. The number of ether oxygens (including phenoxy) is 2. The van der Waals surface area contributed by atoms with E-state index in [0.29, 0.717) is 24.9 Å². The maximum absolute atomic E-state index is 5.65. The molecule has 0 radical (unpaired) electrons. The molecule has 0 aliphatic carbocycles. The first-order chi connectivity index (χ1) is 11.2. The Labute approximate surface area is 150 Å². The van der Waals surface area contributed by atoms with Crippen LogP contribution in [-0.2, 0) is 0 Å². The van der Waals surface area contributed by atoms with Crippen LogP contribution in [0.3, 0.4) is 0 Å². The molecule has 0 spiro atoms. The highest BCUT2D eigenvalue weighted by Crippen LogP contribution is 2.17. The zero-order valence-electron chi connectivity index (χ0n) is 12.8. The van der Waals surface area contributed by atoms with Crippen LogP contribution >= 0.6 is 28.1 Å². The summed E-state index contributed by atoms with van der Waals surface area (Å²) < 4.78 is 12.0. The van der Waals surface area contributed by atoms with Crippen LogP contribution in [0.4, 0.5) is 5.69 Å². The van der Waals surface area contributed by atoms with Gasteiger partial charge in [-0.2, -0.15) is 0 Å². The number of benzene rings is 2. The molecular formula is C17H19BrN2O2S. The van der Waals surface area contributed by atoms with Gasteiger partial charge in [0.1, 0.15) is 18.1 Å². The summed E-state index contributed by atoms with van der Waals surface area (Å²) in [6.45, 7) is 3.76. The average molecular weight is 395 g/mol. The van der Waals surface area contributed by atoms with Crippen LogP contribution in [-0.4, -0.2) is 24.9 Å². The van der Waals surface area contributed by atoms with E-state index in [4.69, 9.17) is 21.7 Å². The normalized spacial score (nSPS) is 10.0. The Bertz CT molecular complexity index is 635. The summed E-state index contributed by atoms with van der Waals surface area (Å²) in [5.41, 5.74) is 0.935. The van der Waals surface area contributed by atoms with Crippen LogP contribution in [0.2, 0.25) is 0 Å². The van der Waals surface area contributed by atoms with Crippen molar-refractivity contribution in [1.82, 2.24) is 5.32 Å². The van der Waals surface area contributed by atoms with E-state index in [1.807, 2.05) is 55.5 Å². The van der Waals surface area contributed by atoms with Gasteiger partial charge in [0, 0.05) is 10.2 Å². The fourth-order valence-electron chi connectivity index (χ4n) is 1.87. The fourth-order valence-corrected chi connectivity index (χ4v) is 2.49. The van der Waals surface area contributed by atoms with E-state index < -0.39 is 0 Å². The van der Waals surface area contributed by atoms with Gasteiger partial charge in [0.15, 0.2) is 5.11 Å². The third kappa shape index (κ3) is 6.46. The van der Waals surface area contributed by atoms with Crippen LogP contribution in [0.15, 0.2) is 53.0 Å². The predicted octanol–water partition coefficient (Wildman–Crippen LogP) is 4.21. The van der Waals surface area contributed by atoms with E-state index in [-0.39, 0.29) is 0 Å². The monoisotopic (exact) mass is 394 g/mol. The number of anilines is 1. The second-order valence-corrected chi connectivity index (χ2v) is 5.97. The molecule has 122 valence electrons. The molecule has 0 aliphatic rings. The van der Waals surface area contributed by atoms with E-state index >= 15 is 0 Å². The van der Waals surface area contributed by atoms with Gasteiger partial charge in [-0.25, -0.2) is 0 Å². The smallest absolute Gasteiger partial charge is 0.170 e. The molecular weight excluding hydrogens is 376 g/mol. The van der Waals surface area contributed by atoms with E-state index in [9.17, 15) is 0 Å². The Morgan fingerprint density at radius 2 is 1.78 bits per heavy atom. The van der Waals surface area contributed by atoms with Crippen molar-refractivity contribution >= 4 is 38.9 Å². The van der Waals surface area contributed by atoms with Crippen LogP contribution in [0.5, 0.6) is 11.5 Å². The lowest BCUT2D eigenvalue weighted by atomic mass is 10.3. The van der Waals surface area contributed by atoms with E-state index in [1.165, 1.54) is 0 Å². The molecule has 2 rings (SSSR count). The van der Waals surface area contributed by atoms with Crippen LogP contribution in [0.25, 0.3) is 0 Å². The molecule has 4 nitrogen and oxygen atoms in total. The van der Waals surface area contributed by atoms with Crippen LogP contribution < -0.4 is 20.1 Å². The minimum absolute atomic E-state index is 0.522. The molecule has 2 aromatic rings. The summed E-state index contributed by atoms with van der Waals surface area (Å²) in [6, 6.07) is 15.4. The van der Waals surface area contributed by atoms with Gasteiger partial charge < -0.3 is 20.1 Å². The summed E-state index contributed by atoms with van der Waals surface area (Å²) in [6.07, 6.45) is 0. The standard InChI is InChI=1S/C17H19BrN2O2S/c1-2-21-15-6-8-16(9-7-15)22-11-10-19-17(23)20-14-5-3-4-13(18)12-14/h3-9,12H,2,10-11H2,1H3,(H2,19,20,23). The van der Waals surface area contributed by atoms with Gasteiger partial charge in [-0.15, -0.1) is 0 Å². The lowest BCUT2D eigenvalue weighted by Gasteiger charge is -2.12. The molecule has 2 aromatic carbocycles. The number of thiocarbonyl (C=S) groups is 1. The third-order valence-corrected chi connectivity index (χ3v) is 3.61. The Kier molecular flexibility index (Phi) is 7.16. The van der Waals surface area contributed by atoms with Gasteiger partial charge in [-0.3, -0.25) is 0 Å². The molecule has 2 N–H and O–H groups in total. The van der Waals surface area contributed by atoms with Crippen molar-refractivity contribution < 1.29 is 9.47 Å². The van der Waals surface area contributed by atoms with Gasteiger partial charge in [-0.1, -0.05) is 22.0 Å². The lowest BCUT2D eigenvalue weighted by Crippen LogP contribution is -2.31. The molecule has 0 bridgehead atoms. The van der Waals surface area contributed by atoms with Gasteiger partial charge in [0.2, 0.25) is 0 Å². The highest BCUT2D eigenvalue weighted by Gasteiger charge is 1.99. The van der Waals surface area contributed by atoms with Gasteiger partial charge in [-0.05, 0) is 61.6 Å². The quantitative estimate of drug-likeness (QED) is 0.543. The minimum atomic E-state index is 0.522. The third-order valence-electron chi connectivity index (χ3n) is 2.87. The predicted molar refractivity (Wildman–Crippen MR) is 101 cm³/mol. The number of hydrogen-bond acceptors (Lipinski definition) is 3.